The fourth-order valence-corrected chi connectivity index (χ4v) is 4.35. The minimum Gasteiger partial charge on any atom is -0.458 e. The van der Waals surface area contributed by atoms with Gasteiger partial charge in [-0.2, -0.15) is 0 Å². The molecule has 156 valence electrons. The lowest BCUT2D eigenvalue weighted by molar-refractivity contribution is -0.155. The van der Waals surface area contributed by atoms with Gasteiger partial charge in [0.05, 0.1) is 0 Å². The minimum atomic E-state index is -0.474. The Morgan fingerprint density at radius 1 is 1.17 bits per heavy atom. The van der Waals surface area contributed by atoms with Crippen molar-refractivity contribution in [1.29, 1.82) is 0 Å². The van der Waals surface area contributed by atoms with Crippen molar-refractivity contribution < 1.29 is 9.53 Å². The van der Waals surface area contributed by atoms with E-state index < -0.39 is 5.60 Å². The van der Waals surface area contributed by atoms with E-state index in [2.05, 4.69) is 34.5 Å². The van der Waals surface area contributed by atoms with Crippen LogP contribution in [-0.2, 0) is 16.1 Å². The van der Waals surface area contributed by atoms with Crippen molar-refractivity contribution in [2.45, 2.75) is 45.3 Å². The predicted molar refractivity (Wildman–Crippen MR) is 120 cm³/mol. The molecule has 4 nitrogen and oxygen atoms in total. The van der Waals surface area contributed by atoms with E-state index in [-0.39, 0.29) is 5.97 Å². The number of hydrogen-bond donors (Lipinski definition) is 1. The lowest BCUT2D eigenvalue weighted by atomic mass is 9.90. The number of rotatable bonds is 8. The van der Waals surface area contributed by atoms with E-state index in [0.717, 1.165) is 41.7 Å². The summed E-state index contributed by atoms with van der Waals surface area (Å²) < 4.78 is 5.43. The zero-order valence-corrected chi connectivity index (χ0v) is 18.7. The van der Waals surface area contributed by atoms with Gasteiger partial charge in [-0.25, -0.2) is 0 Å². The standard InChI is InChI=1S/C23H28Cl2N2O2/c1-4-23(3,29-16(2)28)15-26-12-17-8-10-19(11-9-17)27-13-18(14-27)22-20(24)6-5-7-21(22)25/h5-11,18,26H,4,12-15H2,1-3H3. The second kappa shape index (κ2) is 9.38. The van der Waals surface area contributed by atoms with Gasteiger partial charge in [-0.15, -0.1) is 0 Å². The van der Waals surface area contributed by atoms with Crippen molar-refractivity contribution >= 4 is 34.9 Å². The Balaban J connectivity index is 1.51. The number of nitrogens with zero attached hydrogens (tertiary/aromatic N) is 1. The molecular formula is C23H28Cl2N2O2. The number of ether oxygens (including phenoxy) is 1. The van der Waals surface area contributed by atoms with E-state index in [4.69, 9.17) is 27.9 Å². The van der Waals surface area contributed by atoms with Crippen molar-refractivity contribution in [3.8, 4) is 0 Å². The average molecular weight is 435 g/mol. The van der Waals surface area contributed by atoms with E-state index in [1.54, 1.807) is 0 Å². The van der Waals surface area contributed by atoms with Crippen LogP contribution in [0.4, 0.5) is 5.69 Å². The molecule has 1 heterocycles. The summed E-state index contributed by atoms with van der Waals surface area (Å²) in [5.41, 5.74) is 2.98. The maximum atomic E-state index is 11.3. The summed E-state index contributed by atoms with van der Waals surface area (Å²) in [4.78, 5) is 13.6. The molecule has 3 rings (SSSR count). The molecule has 0 saturated carbocycles. The zero-order valence-electron chi connectivity index (χ0n) is 17.2. The molecule has 0 spiro atoms. The fraction of sp³-hybridized carbons (Fsp3) is 0.435. The normalized spacial score (nSPS) is 16.2. The van der Waals surface area contributed by atoms with Gasteiger partial charge in [-0.05, 0) is 48.7 Å². The van der Waals surface area contributed by atoms with Crippen LogP contribution in [0, 0.1) is 0 Å². The van der Waals surface area contributed by atoms with Gasteiger partial charge in [0.15, 0.2) is 0 Å². The van der Waals surface area contributed by atoms with E-state index in [1.165, 1.54) is 18.2 Å². The molecule has 0 aliphatic carbocycles. The minimum absolute atomic E-state index is 0.244. The Hall–Kier alpha value is -1.75. The third-order valence-electron chi connectivity index (χ3n) is 5.56. The Kier molecular flexibility index (Phi) is 7.10. The summed E-state index contributed by atoms with van der Waals surface area (Å²) in [5, 5.41) is 4.89. The van der Waals surface area contributed by atoms with Gasteiger partial charge < -0.3 is 15.0 Å². The highest BCUT2D eigenvalue weighted by Gasteiger charge is 2.31. The van der Waals surface area contributed by atoms with Crippen LogP contribution in [0.1, 0.15) is 44.2 Å². The molecule has 1 atom stereocenters. The highest BCUT2D eigenvalue weighted by atomic mass is 35.5. The van der Waals surface area contributed by atoms with Crippen LogP contribution < -0.4 is 10.2 Å². The molecule has 0 aromatic heterocycles. The van der Waals surface area contributed by atoms with Crippen LogP contribution in [0.15, 0.2) is 42.5 Å². The highest BCUT2D eigenvalue weighted by molar-refractivity contribution is 6.36. The number of esters is 1. The molecule has 1 saturated heterocycles. The number of carbonyl (C=O) groups excluding carboxylic acids is 1. The number of nitrogens with one attached hydrogen (secondary N) is 1. The second-order valence-electron chi connectivity index (χ2n) is 7.90. The lowest BCUT2D eigenvalue weighted by Gasteiger charge is -2.42. The first-order chi connectivity index (χ1) is 13.8. The molecule has 0 amide bonds. The van der Waals surface area contributed by atoms with Crippen LogP contribution in [-0.4, -0.2) is 31.2 Å². The molecule has 0 radical (unpaired) electrons. The van der Waals surface area contributed by atoms with Crippen LogP contribution in [0.25, 0.3) is 0 Å². The molecule has 1 aliphatic rings. The SMILES string of the molecule is CCC(C)(CNCc1ccc(N2CC(c3c(Cl)cccc3Cl)C2)cc1)OC(C)=O. The monoisotopic (exact) mass is 434 g/mol. The smallest absolute Gasteiger partial charge is 0.303 e. The Morgan fingerprint density at radius 3 is 2.34 bits per heavy atom. The summed E-state index contributed by atoms with van der Waals surface area (Å²) >= 11 is 12.7. The summed E-state index contributed by atoms with van der Waals surface area (Å²) in [6.07, 6.45) is 0.768. The molecule has 1 N–H and O–H groups in total. The third-order valence-corrected chi connectivity index (χ3v) is 6.22. The van der Waals surface area contributed by atoms with Gasteiger partial charge in [0, 0.05) is 54.8 Å². The first kappa shape index (κ1) is 21.9. The number of carbonyl (C=O) groups is 1. The molecule has 6 heteroatoms. The van der Waals surface area contributed by atoms with Crippen LogP contribution in [0.2, 0.25) is 10.0 Å². The van der Waals surface area contributed by atoms with Gasteiger partial charge in [0.2, 0.25) is 0 Å². The molecule has 1 fully saturated rings. The first-order valence-electron chi connectivity index (χ1n) is 9.99. The molecule has 0 bridgehead atoms. The number of halogens is 2. The number of anilines is 1. The molecular weight excluding hydrogens is 407 g/mol. The number of hydrogen-bond acceptors (Lipinski definition) is 4. The van der Waals surface area contributed by atoms with Crippen LogP contribution >= 0.6 is 23.2 Å². The Bertz CT molecular complexity index is 830. The quantitative estimate of drug-likeness (QED) is 0.563. The summed E-state index contributed by atoms with van der Waals surface area (Å²) in [6.45, 7) is 8.61. The van der Waals surface area contributed by atoms with Crippen LogP contribution in [0.5, 0.6) is 0 Å². The van der Waals surface area contributed by atoms with Crippen molar-refractivity contribution in [3.05, 3.63) is 63.6 Å². The van der Waals surface area contributed by atoms with E-state index in [9.17, 15) is 4.79 Å². The summed E-state index contributed by atoms with van der Waals surface area (Å²) in [5.74, 6) is 0.122. The maximum absolute atomic E-state index is 11.3. The topological polar surface area (TPSA) is 41.6 Å². The average Bonchev–Trinajstić information content (AvgIpc) is 2.63. The zero-order chi connectivity index (χ0) is 21.0. The molecule has 2 aromatic rings. The van der Waals surface area contributed by atoms with Crippen LogP contribution in [0.3, 0.4) is 0 Å². The van der Waals surface area contributed by atoms with Crippen molar-refractivity contribution in [3.63, 3.8) is 0 Å². The lowest BCUT2D eigenvalue weighted by Crippen LogP contribution is -2.45. The fourth-order valence-electron chi connectivity index (χ4n) is 3.65. The number of benzene rings is 2. The largest absolute Gasteiger partial charge is 0.458 e. The third kappa shape index (κ3) is 5.44. The maximum Gasteiger partial charge on any atom is 0.303 e. The van der Waals surface area contributed by atoms with Gasteiger partial charge >= 0.3 is 5.97 Å². The molecule has 1 aliphatic heterocycles. The highest BCUT2D eigenvalue weighted by Crippen LogP contribution is 2.38. The van der Waals surface area contributed by atoms with E-state index >= 15 is 0 Å². The van der Waals surface area contributed by atoms with Crippen molar-refractivity contribution in [1.82, 2.24) is 5.32 Å². The molecule has 29 heavy (non-hydrogen) atoms. The predicted octanol–water partition coefficient (Wildman–Crippen LogP) is 5.42. The van der Waals surface area contributed by atoms with Gasteiger partial charge in [-0.1, -0.05) is 48.3 Å². The molecule has 1 unspecified atom stereocenters. The Labute approximate surface area is 183 Å². The van der Waals surface area contributed by atoms with Gasteiger partial charge in [-0.3, -0.25) is 4.79 Å². The Morgan fingerprint density at radius 2 is 1.79 bits per heavy atom. The van der Waals surface area contributed by atoms with E-state index in [1.807, 2.05) is 32.0 Å². The summed E-state index contributed by atoms with van der Waals surface area (Å²) in [6, 6.07) is 14.2. The van der Waals surface area contributed by atoms with Crippen molar-refractivity contribution in [2.75, 3.05) is 24.5 Å². The summed E-state index contributed by atoms with van der Waals surface area (Å²) in [7, 11) is 0. The second-order valence-corrected chi connectivity index (χ2v) is 8.72. The first-order valence-corrected chi connectivity index (χ1v) is 10.7. The van der Waals surface area contributed by atoms with Gasteiger partial charge in [0.25, 0.3) is 0 Å². The van der Waals surface area contributed by atoms with E-state index in [0.29, 0.717) is 12.5 Å². The van der Waals surface area contributed by atoms with Crippen molar-refractivity contribution in [2.24, 2.45) is 0 Å². The molecule has 2 aromatic carbocycles. The van der Waals surface area contributed by atoms with Gasteiger partial charge in [0.1, 0.15) is 5.60 Å².